The molecule has 0 aliphatic carbocycles. The van der Waals surface area contributed by atoms with Crippen molar-refractivity contribution in [2.45, 2.75) is 53.1 Å². The number of aliphatic imine (C=N–C) groups is 1. The number of amides is 2. The molecular weight excluding hydrogens is 497 g/mol. The van der Waals surface area contributed by atoms with E-state index in [0.717, 1.165) is 12.1 Å². The molecule has 8 nitrogen and oxygen atoms in total. The smallest absolute Gasteiger partial charge is 0.407 e. The van der Waals surface area contributed by atoms with Crippen LogP contribution >= 0.6 is 24.0 Å². The SMILES string of the molecule is CCNC(=NCC(=O)Nc1cccc(CC)c1)NCCCNC(=O)OC(C)(C)C.I. The zero-order chi connectivity index (χ0) is 21.7. The number of nitrogens with zero attached hydrogens (tertiary/aromatic N) is 1. The van der Waals surface area contributed by atoms with E-state index in [9.17, 15) is 9.59 Å². The largest absolute Gasteiger partial charge is 0.444 e. The highest BCUT2D eigenvalue weighted by molar-refractivity contribution is 14.0. The van der Waals surface area contributed by atoms with E-state index in [1.807, 2.05) is 52.0 Å². The number of benzene rings is 1. The van der Waals surface area contributed by atoms with Crippen LogP contribution < -0.4 is 21.3 Å². The molecule has 1 aromatic carbocycles. The second-order valence-electron chi connectivity index (χ2n) is 7.51. The van der Waals surface area contributed by atoms with Crippen LogP contribution in [0.15, 0.2) is 29.3 Å². The number of hydrogen-bond donors (Lipinski definition) is 4. The van der Waals surface area contributed by atoms with E-state index in [1.165, 1.54) is 5.56 Å². The van der Waals surface area contributed by atoms with Crippen LogP contribution in [-0.4, -0.2) is 49.7 Å². The first kappa shape index (κ1) is 28.0. The first-order chi connectivity index (χ1) is 13.7. The molecule has 1 rings (SSSR count). The molecule has 4 N–H and O–H groups in total. The molecule has 0 radical (unpaired) electrons. The molecule has 0 heterocycles. The zero-order valence-corrected chi connectivity index (χ0v) is 21.0. The Bertz CT molecular complexity index is 689. The number of carbonyl (C=O) groups excluding carboxylic acids is 2. The van der Waals surface area contributed by atoms with E-state index in [-0.39, 0.29) is 36.4 Å². The lowest BCUT2D eigenvalue weighted by Gasteiger charge is -2.19. The summed E-state index contributed by atoms with van der Waals surface area (Å²) in [6.45, 7) is 11.3. The van der Waals surface area contributed by atoms with Gasteiger partial charge in [-0.2, -0.15) is 0 Å². The third-order valence-corrected chi connectivity index (χ3v) is 3.66. The van der Waals surface area contributed by atoms with E-state index in [2.05, 4.69) is 33.2 Å². The molecule has 0 unspecified atom stereocenters. The van der Waals surface area contributed by atoms with Gasteiger partial charge in [-0.15, -0.1) is 24.0 Å². The third-order valence-electron chi connectivity index (χ3n) is 3.66. The Balaban J connectivity index is 0.00000841. The maximum absolute atomic E-state index is 12.2. The lowest BCUT2D eigenvalue weighted by Crippen LogP contribution is -2.39. The van der Waals surface area contributed by atoms with Gasteiger partial charge < -0.3 is 26.0 Å². The Labute approximate surface area is 197 Å². The van der Waals surface area contributed by atoms with E-state index in [1.54, 1.807) is 0 Å². The number of anilines is 1. The Kier molecular flexibility index (Phi) is 13.9. The van der Waals surface area contributed by atoms with Crippen LogP contribution in [0.5, 0.6) is 0 Å². The lowest BCUT2D eigenvalue weighted by atomic mass is 10.1. The van der Waals surface area contributed by atoms with E-state index < -0.39 is 11.7 Å². The maximum Gasteiger partial charge on any atom is 0.407 e. The molecule has 2 amide bonds. The van der Waals surface area contributed by atoms with Crippen LogP contribution in [0.25, 0.3) is 0 Å². The fourth-order valence-electron chi connectivity index (χ4n) is 2.36. The van der Waals surface area contributed by atoms with Gasteiger partial charge in [-0.25, -0.2) is 9.79 Å². The van der Waals surface area contributed by atoms with Crippen LogP contribution in [0, 0.1) is 0 Å². The molecular formula is C21H36IN5O3. The Morgan fingerprint density at radius 2 is 1.77 bits per heavy atom. The van der Waals surface area contributed by atoms with Crippen LogP contribution in [0.2, 0.25) is 0 Å². The molecule has 0 atom stereocenters. The van der Waals surface area contributed by atoms with E-state index in [4.69, 9.17) is 4.74 Å². The summed E-state index contributed by atoms with van der Waals surface area (Å²) in [4.78, 5) is 28.0. The van der Waals surface area contributed by atoms with Crippen molar-refractivity contribution >= 4 is 47.6 Å². The van der Waals surface area contributed by atoms with Gasteiger partial charge >= 0.3 is 6.09 Å². The average Bonchev–Trinajstić information content (AvgIpc) is 2.64. The summed E-state index contributed by atoms with van der Waals surface area (Å²) < 4.78 is 5.18. The normalized spacial score (nSPS) is 11.2. The highest BCUT2D eigenvalue weighted by Gasteiger charge is 2.15. The van der Waals surface area contributed by atoms with Crippen molar-refractivity contribution in [3.8, 4) is 0 Å². The highest BCUT2D eigenvalue weighted by Crippen LogP contribution is 2.10. The molecule has 1 aromatic rings. The van der Waals surface area contributed by atoms with Gasteiger partial charge in [0.2, 0.25) is 5.91 Å². The molecule has 0 aliphatic rings. The molecule has 0 saturated carbocycles. The second-order valence-corrected chi connectivity index (χ2v) is 7.51. The molecule has 0 bridgehead atoms. The standard InChI is InChI=1S/C21H35N5O3.HI/c1-6-16-10-8-11-17(14-16)26-18(27)15-25-19(22-7-2)23-12-9-13-24-20(28)29-21(3,4)5;/h8,10-11,14H,6-7,9,12-13,15H2,1-5H3,(H,24,28)(H,26,27)(H2,22,23,25);1H. The predicted molar refractivity (Wildman–Crippen MR) is 133 cm³/mol. The molecule has 0 fully saturated rings. The number of carbonyl (C=O) groups is 2. The predicted octanol–water partition coefficient (Wildman–Crippen LogP) is 3.28. The quantitative estimate of drug-likeness (QED) is 0.169. The minimum absolute atomic E-state index is 0. The number of halogens is 1. The summed E-state index contributed by atoms with van der Waals surface area (Å²) in [5.41, 5.74) is 1.43. The second kappa shape index (κ2) is 14.9. The molecule has 0 aliphatic heterocycles. The minimum atomic E-state index is -0.508. The summed E-state index contributed by atoms with van der Waals surface area (Å²) >= 11 is 0. The molecule has 0 spiro atoms. The number of ether oxygens (including phenoxy) is 1. The van der Waals surface area contributed by atoms with Gasteiger partial charge in [0.05, 0.1) is 0 Å². The molecule has 30 heavy (non-hydrogen) atoms. The molecule has 170 valence electrons. The molecule has 0 saturated heterocycles. The van der Waals surface area contributed by atoms with Crippen molar-refractivity contribution in [1.29, 1.82) is 0 Å². The van der Waals surface area contributed by atoms with Crippen LogP contribution in [-0.2, 0) is 16.0 Å². The fraction of sp³-hybridized carbons (Fsp3) is 0.571. The highest BCUT2D eigenvalue weighted by atomic mass is 127. The van der Waals surface area contributed by atoms with Crippen molar-refractivity contribution in [2.24, 2.45) is 4.99 Å². The van der Waals surface area contributed by atoms with Crippen molar-refractivity contribution in [1.82, 2.24) is 16.0 Å². The molecule has 0 aromatic heterocycles. The third kappa shape index (κ3) is 13.2. The number of hydrogen-bond acceptors (Lipinski definition) is 4. The number of nitrogens with one attached hydrogen (secondary N) is 4. The summed E-state index contributed by atoms with van der Waals surface area (Å²) in [7, 11) is 0. The van der Waals surface area contributed by atoms with Crippen molar-refractivity contribution < 1.29 is 14.3 Å². The van der Waals surface area contributed by atoms with Gasteiger partial charge in [0.15, 0.2) is 5.96 Å². The van der Waals surface area contributed by atoms with Crippen molar-refractivity contribution in [3.63, 3.8) is 0 Å². The maximum atomic E-state index is 12.2. The van der Waals surface area contributed by atoms with Gasteiger partial charge in [-0.05, 0) is 58.2 Å². The van der Waals surface area contributed by atoms with Crippen molar-refractivity contribution in [3.05, 3.63) is 29.8 Å². The van der Waals surface area contributed by atoms with E-state index in [0.29, 0.717) is 32.0 Å². The number of rotatable bonds is 9. The Morgan fingerprint density at radius 3 is 2.40 bits per heavy atom. The average molecular weight is 533 g/mol. The van der Waals surface area contributed by atoms with Gasteiger partial charge in [-0.3, -0.25) is 4.79 Å². The number of aryl methyl sites for hydroxylation is 1. The van der Waals surface area contributed by atoms with Gasteiger partial charge in [0.1, 0.15) is 12.1 Å². The first-order valence-electron chi connectivity index (χ1n) is 10.1. The Morgan fingerprint density at radius 1 is 1.07 bits per heavy atom. The number of guanidine groups is 1. The van der Waals surface area contributed by atoms with Crippen LogP contribution in [0.1, 0.15) is 46.6 Å². The van der Waals surface area contributed by atoms with Gasteiger partial charge in [0.25, 0.3) is 0 Å². The topological polar surface area (TPSA) is 104 Å². The fourth-order valence-corrected chi connectivity index (χ4v) is 2.36. The summed E-state index contributed by atoms with van der Waals surface area (Å²) in [5, 5.41) is 11.8. The van der Waals surface area contributed by atoms with E-state index >= 15 is 0 Å². The van der Waals surface area contributed by atoms with Gasteiger partial charge in [-0.1, -0.05) is 19.1 Å². The first-order valence-corrected chi connectivity index (χ1v) is 10.1. The number of alkyl carbamates (subject to hydrolysis) is 1. The van der Waals surface area contributed by atoms with Crippen LogP contribution in [0.4, 0.5) is 10.5 Å². The Hall–Kier alpha value is -2.04. The summed E-state index contributed by atoms with van der Waals surface area (Å²) in [6.07, 6.45) is 1.18. The summed E-state index contributed by atoms with van der Waals surface area (Å²) in [5.74, 6) is 0.379. The minimum Gasteiger partial charge on any atom is -0.444 e. The van der Waals surface area contributed by atoms with Crippen molar-refractivity contribution in [2.75, 3.05) is 31.5 Å². The van der Waals surface area contributed by atoms with Crippen LogP contribution in [0.3, 0.4) is 0 Å². The monoisotopic (exact) mass is 533 g/mol. The van der Waals surface area contributed by atoms with Gasteiger partial charge in [0, 0.05) is 25.3 Å². The zero-order valence-electron chi connectivity index (χ0n) is 18.6. The molecule has 9 heteroatoms. The lowest BCUT2D eigenvalue weighted by molar-refractivity contribution is -0.114. The summed E-state index contributed by atoms with van der Waals surface area (Å²) in [6, 6.07) is 7.78.